The van der Waals surface area contributed by atoms with Crippen LogP contribution in [0.2, 0.25) is 0 Å². The van der Waals surface area contributed by atoms with Gasteiger partial charge in [-0.1, -0.05) is 39.5 Å². The van der Waals surface area contributed by atoms with Crippen LogP contribution in [0.3, 0.4) is 0 Å². The minimum Gasteiger partial charge on any atom is -0.681 e. The van der Waals surface area contributed by atoms with Gasteiger partial charge in [0.1, 0.15) is 0 Å². The SMILES string of the molecule is CC[N-]C[N-]CC.CN(C)CCCC1CCCC1.[CH3-].[La]. The third-order valence-corrected chi connectivity index (χ3v) is 3.34. The molecule has 0 saturated heterocycles. The van der Waals surface area contributed by atoms with Crippen LogP contribution < -0.4 is 0 Å². The van der Waals surface area contributed by atoms with Gasteiger partial charge in [0.15, 0.2) is 0 Å². The van der Waals surface area contributed by atoms with E-state index in [2.05, 4.69) is 29.6 Å². The maximum Gasteiger partial charge on any atom is 0 e. The summed E-state index contributed by atoms with van der Waals surface area (Å²) in [7, 11) is 4.32. The van der Waals surface area contributed by atoms with Crippen molar-refractivity contribution < 1.29 is 35.6 Å². The van der Waals surface area contributed by atoms with Gasteiger partial charge in [-0.25, -0.2) is 0 Å². The van der Waals surface area contributed by atoms with E-state index in [1.165, 1.54) is 45.1 Å². The molecule has 1 radical (unpaired) electrons. The van der Waals surface area contributed by atoms with Crippen LogP contribution in [0.1, 0.15) is 52.4 Å². The zero-order valence-electron chi connectivity index (χ0n) is 14.6. The molecule has 1 rings (SSSR count). The van der Waals surface area contributed by atoms with Crippen molar-refractivity contribution in [2.24, 2.45) is 5.92 Å². The average molecular weight is 409 g/mol. The molecule has 1 saturated carbocycles. The number of nitrogens with zero attached hydrogens (tertiary/aromatic N) is 3. The van der Waals surface area contributed by atoms with Crippen molar-refractivity contribution in [3.05, 3.63) is 18.1 Å². The summed E-state index contributed by atoms with van der Waals surface area (Å²) < 4.78 is 0. The van der Waals surface area contributed by atoms with E-state index >= 15 is 0 Å². The molecule has 4 heteroatoms. The van der Waals surface area contributed by atoms with Gasteiger partial charge in [-0.2, -0.15) is 13.1 Å². The van der Waals surface area contributed by atoms with Crippen molar-refractivity contribution in [2.45, 2.75) is 52.4 Å². The average Bonchev–Trinajstić information content (AvgIpc) is 2.83. The second-order valence-corrected chi connectivity index (χ2v) is 5.32. The van der Waals surface area contributed by atoms with Crippen LogP contribution in [0.5, 0.6) is 0 Å². The quantitative estimate of drug-likeness (QED) is 0.422. The first kappa shape index (κ1) is 26.0. The summed E-state index contributed by atoms with van der Waals surface area (Å²) in [4.78, 5) is 2.29. The first-order valence-electron chi connectivity index (χ1n) is 7.61. The molecule has 0 spiro atoms. The maximum absolute atomic E-state index is 3.99. The molecule has 0 aliphatic heterocycles. The van der Waals surface area contributed by atoms with Crippen molar-refractivity contribution in [3.63, 3.8) is 0 Å². The molecule has 0 aromatic rings. The van der Waals surface area contributed by atoms with Gasteiger partial charge in [0.25, 0.3) is 0 Å². The predicted octanol–water partition coefficient (Wildman–Crippen LogP) is 4.70. The van der Waals surface area contributed by atoms with Gasteiger partial charge >= 0.3 is 0 Å². The van der Waals surface area contributed by atoms with Gasteiger partial charge in [-0.3, -0.25) is 6.67 Å². The van der Waals surface area contributed by atoms with Crippen molar-refractivity contribution >= 4 is 0 Å². The molecular weight excluding hydrogens is 373 g/mol. The molecular formula is C16H36LaN3-3. The normalized spacial score (nSPS) is 14.2. The van der Waals surface area contributed by atoms with Crippen LogP contribution in [-0.4, -0.2) is 45.3 Å². The Morgan fingerprint density at radius 1 is 1.00 bits per heavy atom. The molecule has 0 bridgehead atoms. The van der Waals surface area contributed by atoms with Gasteiger partial charge in [0.05, 0.1) is 0 Å². The van der Waals surface area contributed by atoms with E-state index in [1.54, 1.807) is 0 Å². The molecule has 121 valence electrons. The summed E-state index contributed by atoms with van der Waals surface area (Å²) in [6, 6.07) is 0. The third kappa shape index (κ3) is 19.1. The fourth-order valence-electron chi connectivity index (χ4n) is 2.27. The summed E-state index contributed by atoms with van der Waals surface area (Å²) in [5, 5.41) is 7.99. The molecule has 0 N–H and O–H groups in total. The molecule has 0 aromatic heterocycles. The third-order valence-electron chi connectivity index (χ3n) is 3.34. The van der Waals surface area contributed by atoms with Crippen LogP contribution in [0.15, 0.2) is 0 Å². The fraction of sp³-hybridized carbons (Fsp3) is 0.938. The topological polar surface area (TPSA) is 31.4 Å². The molecule has 20 heavy (non-hydrogen) atoms. The van der Waals surface area contributed by atoms with Crippen LogP contribution in [-0.2, 0) is 0 Å². The number of hydrogen-bond acceptors (Lipinski definition) is 1. The minimum absolute atomic E-state index is 0. The van der Waals surface area contributed by atoms with E-state index in [4.69, 9.17) is 0 Å². The Hall–Kier alpha value is 1.07. The summed E-state index contributed by atoms with van der Waals surface area (Å²) in [6.45, 7) is 7.78. The maximum atomic E-state index is 3.99. The molecule has 0 atom stereocenters. The van der Waals surface area contributed by atoms with E-state index in [1.807, 2.05) is 13.8 Å². The Morgan fingerprint density at radius 3 is 1.90 bits per heavy atom. The molecule has 0 unspecified atom stereocenters. The Labute approximate surface area is 156 Å². The zero-order chi connectivity index (χ0) is 13.6. The van der Waals surface area contributed by atoms with Gasteiger partial charge in [-0.15, -0.1) is 0 Å². The van der Waals surface area contributed by atoms with Crippen molar-refractivity contribution in [1.29, 1.82) is 0 Å². The molecule has 3 nitrogen and oxygen atoms in total. The largest absolute Gasteiger partial charge is 0.681 e. The van der Waals surface area contributed by atoms with E-state index in [0.29, 0.717) is 6.67 Å². The second kappa shape index (κ2) is 20.1. The van der Waals surface area contributed by atoms with E-state index in [9.17, 15) is 0 Å². The van der Waals surface area contributed by atoms with Gasteiger partial charge in [0.2, 0.25) is 0 Å². The van der Waals surface area contributed by atoms with Crippen molar-refractivity contribution in [2.75, 3.05) is 40.4 Å². The minimum atomic E-state index is 0. The molecule has 1 aliphatic carbocycles. The molecule has 0 heterocycles. The summed E-state index contributed by atoms with van der Waals surface area (Å²) >= 11 is 0. The van der Waals surface area contributed by atoms with E-state index in [-0.39, 0.29) is 43.0 Å². The summed E-state index contributed by atoms with van der Waals surface area (Å²) in [5.74, 6) is 1.08. The summed E-state index contributed by atoms with van der Waals surface area (Å²) in [6.07, 6.45) is 8.87. The van der Waals surface area contributed by atoms with Crippen LogP contribution in [0.4, 0.5) is 0 Å². The summed E-state index contributed by atoms with van der Waals surface area (Å²) in [5.41, 5.74) is 0. The Balaban J connectivity index is -0.000000286. The molecule has 0 amide bonds. The Bertz CT molecular complexity index is 156. The van der Waals surface area contributed by atoms with Gasteiger partial charge in [0, 0.05) is 35.6 Å². The van der Waals surface area contributed by atoms with E-state index < -0.39 is 0 Å². The van der Waals surface area contributed by atoms with Crippen molar-refractivity contribution in [3.8, 4) is 0 Å². The number of hydrogen-bond donors (Lipinski definition) is 0. The fourth-order valence-corrected chi connectivity index (χ4v) is 2.27. The molecule has 0 aromatic carbocycles. The monoisotopic (exact) mass is 409 g/mol. The number of rotatable bonds is 8. The smallest absolute Gasteiger partial charge is 0 e. The van der Waals surface area contributed by atoms with Crippen molar-refractivity contribution in [1.82, 2.24) is 4.90 Å². The van der Waals surface area contributed by atoms with Gasteiger partial charge in [-0.05, 0) is 39.4 Å². The Morgan fingerprint density at radius 2 is 1.50 bits per heavy atom. The second-order valence-electron chi connectivity index (χ2n) is 5.32. The van der Waals surface area contributed by atoms with Crippen LogP contribution in [0, 0.1) is 48.9 Å². The molecule has 1 aliphatic rings. The first-order valence-corrected chi connectivity index (χ1v) is 7.61. The van der Waals surface area contributed by atoms with Crippen LogP contribution >= 0.6 is 0 Å². The molecule has 1 fully saturated rings. The van der Waals surface area contributed by atoms with E-state index in [0.717, 1.165) is 19.0 Å². The van der Waals surface area contributed by atoms with Crippen LogP contribution in [0.25, 0.3) is 10.6 Å². The standard InChI is InChI=1S/C10H21N.C5H12N2.CH3.La/c1-11(2)9-5-8-10-6-3-4-7-10;1-3-6-5-7-4-2;;/h10H,3-9H2,1-2H3;3-5H2,1-2H3;1H3;/q;-2;-1;. The van der Waals surface area contributed by atoms with Gasteiger partial charge < -0.3 is 23.0 Å². The predicted molar refractivity (Wildman–Crippen MR) is 88.8 cm³/mol. The Kier molecular flexibility index (Phi) is 26.1. The first-order chi connectivity index (χ1) is 8.70. The zero-order valence-corrected chi connectivity index (χ0v) is 18.2.